The Morgan fingerprint density at radius 3 is 2.89 bits per heavy atom. The minimum Gasteiger partial charge on any atom is -0.394 e. The third-order valence-corrected chi connectivity index (χ3v) is 3.83. The third kappa shape index (κ3) is 2.91. The van der Waals surface area contributed by atoms with E-state index in [1.165, 1.54) is 0 Å². The summed E-state index contributed by atoms with van der Waals surface area (Å²) in [7, 11) is 1.63. The van der Waals surface area contributed by atoms with E-state index in [0.29, 0.717) is 23.6 Å². The monoisotopic (exact) mass is 283 g/mol. The first-order chi connectivity index (χ1) is 9.06. The van der Waals surface area contributed by atoms with Gasteiger partial charge in [-0.05, 0) is 37.1 Å². The molecule has 2 rings (SSSR count). The summed E-state index contributed by atoms with van der Waals surface area (Å²) in [6.45, 7) is 2.33. The van der Waals surface area contributed by atoms with E-state index in [1.54, 1.807) is 30.2 Å². The zero-order valence-corrected chi connectivity index (χ0v) is 11.9. The molecule has 1 N–H and O–H groups in total. The molecule has 0 unspecified atom stereocenters. The predicted octanol–water partition coefficient (Wildman–Crippen LogP) is 1.87. The van der Waals surface area contributed by atoms with Gasteiger partial charge in [-0.15, -0.1) is 0 Å². The molecule has 0 spiro atoms. The Kier molecular flexibility index (Phi) is 4.45. The van der Waals surface area contributed by atoms with Crippen molar-refractivity contribution in [3.63, 3.8) is 0 Å². The van der Waals surface area contributed by atoms with Crippen LogP contribution in [0.3, 0.4) is 0 Å². The largest absolute Gasteiger partial charge is 0.394 e. The molecule has 1 amide bonds. The molecule has 0 bridgehead atoms. The van der Waals surface area contributed by atoms with E-state index < -0.39 is 0 Å². The standard InChI is InChI=1S/C14H18ClNO3/c1-9-5-10(15)3-4-13(9)14(18)16-7-12(19-2)6-11(16)8-17/h3-5,11-12,17H,6-8H2,1-2H3/t11-,12+/m0/s1. The van der Waals surface area contributed by atoms with Crippen LogP contribution >= 0.6 is 11.6 Å². The molecule has 2 atom stereocenters. The first-order valence-electron chi connectivity index (χ1n) is 6.27. The van der Waals surface area contributed by atoms with Crippen molar-refractivity contribution >= 4 is 17.5 Å². The number of likely N-dealkylation sites (tertiary alicyclic amines) is 1. The highest BCUT2D eigenvalue weighted by Crippen LogP contribution is 2.24. The first kappa shape index (κ1) is 14.3. The van der Waals surface area contributed by atoms with Gasteiger partial charge in [-0.3, -0.25) is 4.79 Å². The van der Waals surface area contributed by atoms with Crippen molar-refractivity contribution in [3.05, 3.63) is 34.3 Å². The van der Waals surface area contributed by atoms with Crippen LogP contribution < -0.4 is 0 Å². The highest BCUT2D eigenvalue weighted by atomic mass is 35.5. The number of carbonyl (C=O) groups excluding carboxylic acids is 1. The number of benzene rings is 1. The van der Waals surface area contributed by atoms with Crippen LogP contribution in [0.5, 0.6) is 0 Å². The van der Waals surface area contributed by atoms with Gasteiger partial charge in [0.25, 0.3) is 5.91 Å². The maximum absolute atomic E-state index is 12.5. The van der Waals surface area contributed by atoms with Gasteiger partial charge in [-0.1, -0.05) is 11.6 Å². The van der Waals surface area contributed by atoms with Crippen molar-refractivity contribution in [1.29, 1.82) is 0 Å². The number of carbonyl (C=O) groups is 1. The van der Waals surface area contributed by atoms with Crippen LogP contribution in [0, 0.1) is 6.92 Å². The summed E-state index contributed by atoms with van der Waals surface area (Å²) >= 11 is 5.90. The molecule has 1 heterocycles. The molecule has 0 radical (unpaired) electrons. The number of rotatable bonds is 3. The van der Waals surface area contributed by atoms with Gasteiger partial charge in [-0.2, -0.15) is 0 Å². The molecular weight excluding hydrogens is 266 g/mol. The fourth-order valence-corrected chi connectivity index (χ4v) is 2.71. The van der Waals surface area contributed by atoms with E-state index in [2.05, 4.69) is 0 Å². The van der Waals surface area contributed by atoms with Gasteiger partial charge in [0.15, 0.2) is 0 Å². The van der Waals surface area contributed by atoms with Crippen LogP contribution in [-0.4, -0.2) is 48.3 Å². The van der Waals surface area contributed by atoms with E-state index in [0.717, 1.165) is 5.56 Å². The average molecular weight is 284 g/mol. The van der Waals surface area contributed by atoms with Crippen molar-refractivity contribution in [1.82, 2.24) is 4.90 Å². The molecule has 5 heteroatoms. The summed E-state index contributed by atoms with van der Waals surface area (Å²) < 4.78 is 5.28. The lowest BCUT2D eigenvalue weighted by atomic mass is 10.1. The van der Waals surface area contributed by atoms with Gasteiger partial charge < -0.3 is 14.7 Å². The number of ether oxygens (including phenoxy) is 1. The highest BCUT2D eigenvalue weighted by molar-refractivity contribution is 6.30. The molecule has 1 saturated heterocycles. The number of hydrogen-bond donors (Lipinski definition) is 1. The molecule has 0 aromatic heterocycles. The van der Waals surface area contributed by atoms with Gasteiger partial charge in [0, 0.05) is 24.2 Å². The molecule has 0 saturated carbocycles. The Hall–Kier alpha value is -1.10. The van der Waals surface area contributed by atoms with Crippen LogP contribution in [-0.2, 0) is 4.74 Å². The number of methoxy groups -OCH3 is 1. The van der Waals surface area contributed by atoms with E-state index in [9.17, 15) is 9.90 Å². The van der Waals surface area contributed by atoms with Crippen LogP contribution in [0.1, 0.15) is 22.3 Å². The molecule has 0 aliphatic carbocycles. The van der Waals surface area contributed by atoms with Crippen molar-refractivity contribution in [2.75, 3.05) is 20.3 Å². The van der Waals surface area contributed by atoms with E-state index in [4.69, 9.17) is 16.3 Å². The molecule has 1 aliphatic heterocycles. The number of hydrogen-bond acceptors (Lipinski definition) is 3. The summed E-state index contributed by atoms with van der Waals surface area (Å²) in [6.07, 6.45) is 0.666. The van der Waals surface area contributed by atoms with Crippen molar-refractivity contribution < 1.29 is 14.6 Å². The zero-order chi connectivity index (χ0) is 14.0. The van der Waals surface area contributed by atoms with Crippen LogP contribution in [0.4, 0.5) is 0 Å². The lowest BCUT2D eigenvalue weighted by molar-refractivity contribution is 0.0647. The molecule has 19 heavy (non-hydrogen) atoms. The minimum atomic E-state index is -0.174. The Labute approximate surface area is 117 Å². The van der Waals surface area contributed by atoms with Crippen molar-refractivity contribution in [2.24, 2.45) is 0 Å². The van der Waals surface area contributed by atoms with E-state index in [1.807, 2.05) is 6.92 Å². The zero-order valence-electron chi connectivity index (χ0n) is 11.1. The summed E-state index contributed by atoms with van der Waals surface area (Å²) in [4.78, 5) is 14.2. The van der Waals surface area contributed by atoms with Gasteiger partial charge in [0.1, 0.15) is 0 Å². The van der Waals surface area contributed by atoms with Gasteiger partial charge in [-0.25, -0.2) is 0 Å². The summed E-state index contributed by atoms with van der Waals surface area (Å²) in [5.74, 6) is -0.0761. The average Bonchev–Trinajstić information content (AvgIpc) is 2.81. The number of aryl methyl sites for hydroxylation is 1. The van der Waals surface area contributed by atoms with Gasteiger partial charge >= 0.3 is 0 Å². The second-order valence-corrected chi connectivity index (χ2v) is 5.28. The lowest BCUT2D eigenvalue weighted by Crippen LogP contribution is -2.38. The topological polar surface area (TPSA) is 49.8 Å². The Balaban J connectivity index is 2.23. The molecule has 1 aliphatic rings. The number of nitrogens with zero attached hydrogens (tertiary/aromatic N) is 1. The van der Waals surface area contributed by atoms with Gasteiger partial charge in [0.2, 0.25) is 0 Å². The fraction of sp³-hybridized carbons (Fsp3) is 0.500. The van der Waals surface area contributed by atoms with Crippen LogP contribution in [0.15, 0.2) is 18.2 Å². The Morgan fingerprint density at radius 2 is 2.32 bits per heavy atom. The second kappa shape index (κ2) is 5.90. The summed E-state index contributed by atoms with van der Waals surface area (Å²) in [5, 5.41) is 10.0. The van der Waals surface area contributed by atoms with Crippen LogP contribution in [0.25, 0.3) is 0 Å². The molecule has 1 aromatic rings. The summed E-state index contributed by atoms with van der Waals surface area (Å²) in [5.41, 5.74) is 1.47. The smallest absolute Gasteiger partial charge is 0.254 e. The third-order valence-electron chi connectivity index (χ3n) is 3.60. The lowest BCUT2D eigenvalue weighted by Gasteiger charge is -2.23. The quantitative estimate of drug-likeness (QED) is 0.921. The second-order valence-electron chi connectivity index (χ2n) is 4.85. The fourth-order valence-electron chi connectivity index (χ4n) is 2.49. The predicted molar refractivity (Wildman–Crippen MR) is 73.5 cm³/mol. The molecular formula is C14H18ClNO3. The number of aliphatic hydroxyl groups is 1. The first-order valence-corrected chi connectivity index (χ1v) is 6.65. The molecule has 1 fully saturated rings. The maximum Gasteiger partial charge on any atom is 0.254 e. The van der Waals surface area contributed by atoms with E-state index >= 15 is 0 Å². The normalized spacial score (nSPS) is 22.8. The number of halogens is 1. The SMILES string of the molecule is CO[C@@H]1C[C@@H](CO)N(C(=O)c2ccc(Cl)cc2C)C1. The minimum absolute atomic E-state index is 0.00583. The summed E-state index contributed by atoms with van der Waals surface area (Å²) in [6, 6.07) is 5.04. The van der Waals surface area contributed by atoms with Crippen molar-refractivity contribution in [2.45, 2.75) is 25.5 Å². The Morgan fingerprint density at radius 1 is 1.58 bits per heavy atom. The van der Waals surface area contributed by atoms with Gasteiger partial charge in [0.05, 0.1) is 18.8 Å². The molecule has 104 valence electrons. The maximum atomic E-state index is 12.5. The van der Waals surface area contributed by atoms with E-state index in [-0.39, 0.29) is 24.7 Å². The highest BCUT2D eigenvalue weighted by Gasteiger charge is 2.35. The molecule has 4 nitrogen and oxygen atoms in total. The number of amides is 1. The Bertz CT molecular complexity index is 478. The molecule has 1 aromatic carbocycles. The van der Waals surface area contributed by atoms with Crippen molar-refractivity contribution in [3.8, 4) is 0 Å². The number of aliphatic hydroxyl groups excluding tert-OH is 1. The van der Waals surface area contributed by atoms with Crippen LogP contribution in [0.2, 0.25) is 5.02 Å².